The fraction of sp³-hybridized carbons (Fsp3) is 0.0909. The van der Waals surface area contributed by atoms with Gasteiger partial charge in [-0.3, -0.25) is 0 Å². The highest BCUT2D eigenvalue weighted by molar-refractivity contribution is 8.00. The molecule has 2 aromatic heterocycles. The third-order valence-electron chi connectivity index (χ3n) is 4.30. The molecule has 0 saturated carbocycles. The first-order valence-corrected chi connectivity index (χ1v) is 11.7. The molecule has 0 unspecified atom stereocenters. The van der Waals surface area contributed by atoms with Gasteiger partial charge in [0.15, 0.2) is 5.13 Å². The molecule has 7 heteroatoms. The standard InChI is InChI=1S/C22H18N2O2S3/c1-26-20(25)19-12-17(21(27-2)29-19)23-22-24-18(13-28-22)16-10-8-15(9-11-16)14-6-4-3-5-7-14/h3-13H,1-2H3,(H,23,24). The maximum atomic E-state index is 11.8. The summed E-state index contributed by atoms with van der Waals surface area (Å²) in [6.07, 6.45) is 1.99. The van der Waals surface area contributed by atoms with Gasteiger partial charge in [0.2, 0.25) is 0 Å². The van der Waals surface area contributed by atoms with Gasteiger partial charge >= 0.3 is 5.97 Å². The van der Waals surface area contributed by atoms with Gasteiger partial charge in [0, 0.05) is 10.9 Å². The lowest BCUT2D eigenvalue weighted by atomic mass is 10.0. The second kappa shape index (κ2) is 8.82. The van der Waals surface area contributed by atoms with Crippen molar-refractivity contribution in [3.63, 3.8) is 0 Å². The summed E-state index contributed by atoms with van der Waals surface area (Å²) < 4.78 is 5.85. The van der Waals surface area contributed by atoms with Gasteiger partial charge in [0.05, 0.1) is 22.7 Å². The van der Waals surface area contributed by atoms with E-state index >= 15 is 0 Å². The number of benzene rings is 2. The van der Waals surface area contributed by atoms with Crippen LogP contribution in [0.15, 0.2) is 70.3 Å². The number of carbonyl (C=O) groups is 1. The summed E-state index contributed by atoms with van der Waals surface area (Å²) in [5, 5.41) is 6.16. The number of thioether (sulfide) groups is 1. The van der Waals surface area contributed by atoms with Gasteiger partial charge < -0.3 is 10.1 Å². The molecule has 4 nitrogen and oxygen atoms in total. The maximum absolute atomic E-state index is 11.8. The lowest BCUT2D eigenvalue weighted by molar-refractivity contribution is 0.0606. The number of thiazole rings is 1. The quantitative estimate of drug-likeness (QED) is 0.265. The number of methoxy groups -OCH3 is 1. The molecule has 0 amide bonds. The zero-order chi connectivity index (χ0) is 20.2. The van der Waals surface area contributed by atoms with Crippen molar-refractivity contribution >= 4 is 51.2 Å². The van der Waals surface area contributed by atoms with Crippen LogP contribution in [0.2, 0.25) is 0 Å². The minimum absolute atomic E-state index is 0.323. The number of hydrogen-bond donors (Lipinski definition) is 1. The molecule has 0 aliphatic rings. The third-order valence-corrected chi connectivity index (χ3v) is 7.31. The molecule has 2 aromatic carbocycles. The van der Waals surface area contributed by atoms with Crippen LogP contribution < -0.4 is 5.32 Å². The summed E-state index contributed by atoms with van der Waals surface area (Å²) in [7, 11) is 1.39. The van der Waals surface area contributed by atoms with E-state index in [0.717, 1.165) is 26.3 Å². The lowest BCUT2D eigenvalue weighted by Crippen LogP contribution is -1.97. The van der Waals surface area contributed by atoms with Crippen LogP contribution in [0.4, 0.5) is 10.8 Å². The molecule has 0 saturated heterocycles. The Morgan fingerprint density at radius 2 is 1.72 bits per heavy atom. The number of aromatic nitrogens is 1. The molecule has 1 N–H and O–H groups in total. The van der Waals surface area contributed by atoms with Crippen LogP contribution >= 0.6 is 34.4 Å². The van der Waals surface area contributed by atoms with Crippen molar-refractivity contribution in [2.75, 3.05) is 18.7 Å². The summed E-state index contributed by atoms with van der Waals surface area (Å²) in [5.41, 5.74) is 5.25. The Hall–Kier alpha value is -2.61. The number of anilines is 2. The van der Waals surface area contributed by atoms with Gasteiger partial charge in [0.1, 0.15) is 4.88 Å². The predicted molar refractivity (Wildman–Crippen MR) is 124 cm³/mol. The Balaban J connectivity index is 1.53. The zero-order valence-corrected chi connectivity index (χ0v) is 18.3. The van der Waals surface area contributed by atoms with E-state index in [2.05, 4.69) is 41.7 Å². The van der Waals surface area contributed by atoms with Crippen LogP contribution in [-0.4, -0.2) is 24.3 Å². The second-order valence-corrected chi connectivity index (χ2v) is 9.10. The topological polar surface area (TPSA) is 51.2 Å². The van der Waals surface area contributed by atoms with Crippen molar-refractivity contribution in [1.82, 2.24) is 4.98 Å². The molecule has 0 aliphatic carbocycles. The fourth-order valence-corrected chi connectivity index (χ4v) is 5.28. The van der Waals surface area contributed by atoms with Crippen LogP contribution in [0, 0.1) is 0 Å². The first kappa shape index (κ1) is 19.7. The van der Waals surface area contributed by atoms with Gasteiger partial charge in [-0.25, -0.2) is 9.78 Å². The van der Waals surface area contributed by atoms with E-state index in [1.54, 1.807) is 11.8 Å². The minimum atomic E-state index is -0.323. The first-order chi connectivity index (χ1) is 14.2. The number of rotatable bonds is 6. The third kappa shape index (κ3) is 4.37. The average Bonchev–Trinajstić information content (AvgIpc) is 3.41. The molecule has 4 aromatic rings. The second-order valence-electron chi connectivity index (χ2n) is 6.11. The summed E-state index contributed by atoms with van der Waals surface area (Å²) in [6, 6.07) is 20.5. The van der Waals surface area contributed by atoms with Gasteiger partial charge in [-0.2, -0.15) is 0 Å². The molecule has 0 spiro atoms. The molecular weight excluding hydrogens is 420 g/mol. The van der Waals surface area contributed by atoms with Crippen LogP contribution in [-0.2, 0) is 4.74 Å². The molecule has 4 rings (SSSR count). The minimum Gasteiger partial charge on any atom is -0.465 e. The normalized spacial score (nSPS) is 10.7. The van der Waals surface area contributed by atoms with Crippen molar-refractivity contribution in [2.45, 2.75) is 4.21 Å². The Morgan fingerprint density at radius 1 is 1.03 bits per heavy atom. The zero-order valence-electron chi connectivity index (χ0n) is 15.8. The molecule has 0 fully saturated rings. The highest BCUT2D eigenvalue weighted by Gasteiger charge is 2.16. The molecule has 2 heterocycles. The van der Waals surface area contributed by atoms with E-state index in [-0.39, 0.29) is 5.97 Å². The fourth-order valence-electron chi connectivity index (χ4n) is 2.86. The smallest absolute Gasteiger partial charge is 0.348 e. The SMILES string of the molecule is COC(=O)c1cc(Nc2nc(-c3ccc(-c4ccccc4)cc3)cs2)c(SC)s1. The van der Waals surface area contributed by atoms with Crippen LogP contribution in [0.1, 0.15) is 9.67 Å². The van der Waals surface area contributed by atoms with E-state index in [0.29, 0.717) is 4.88 Å². The van der Waals surface area contributed by atoms with E-state index in [4.69, 9.17) is 9.72 Å². The van der Waals surface area contributed by atoms with Crippen molar-refractivity contribution in [1.29, 1.82) is 0 Å². The Bertz CT molecular complexity index is 1120. The summed E-state index contributed by atoms with van der Waals surface area (Å²) in [6.45, 7) is 0. The number of hydrogen-bond acceptors (Lipinski definition) is 7. The number of ether oxygens (including phenoxy) is 1. The van der Waals surface area contributed by atoms with Gasteiger partial charge in [-0.05, 0) is 23.4 Å². The summed E-state index contributed by atoms with van der Waals surface area (Å²) in [4.78, 5) is 17.1. The molecule has 0 aliphatic heterocycles. The van der Waals surface area contributed by atoms with Crippen molar-refractivity contribution in [2.24, 2.45) is 0 Å². The van der Waals surface area contributed by atoms with E-state index in [1.165, 1.54) is 40.9 Å². The molecule has 29 heavy (non-hydrogen) atoms. The average molecular weight is 439 g/mol. The van der Waals surface area contributed by atoms with Crippen LogP contribution in [0.25, 0.3) is 22.4 Å². The van der Waals surface area contributed by atoms with E-state index in [1.807, 2.05) is 35.9 Å². The van der Waals surface area contributed by atoms with Crippen molar-refractivity contribution in [3.8, 4) is 22.4 Å². The largest absolute Gasteiger partial charge is 0.465 e. The number of nitrogens with zero attached hydrogens (tertiary/aromatic N) is 1. The van der Waals surface area contributed by atoms with E-state index < -0.39 is 0 Å². The number of thiophene rings is 1. The van der Waals surface area contributed by atoms with Gasteiger partial charge in [-0.15, -0.1) is 34.4 Å². The maximum Gasteiger partial charge on any atom is 0.348 e. The molecule has 0 bridgehead atoms. The first-order valence-electron chi connectivity index (χ1n) is 8.82. The molecule has 146 valence electrons. The van der Waals surface area contributed by atoms with E-state index in [9.17, 15) is 4.79 Å². The van der Waals surface area contributed by atoms with Gasteiger partial charge in [0.25, 0.3) is 0 Å². The predicted octanol–water partition coefficient (Wildman–Crippen LogP) is 6.79. The number of esters is 1. The molecule has 0 radical (unpaired) electrons. The van der Waals surface area contributed by atoms with Gasteiger partial charge in [-0.1, -0.05) is 54.6 Å². The Morgan fingerprint density at radius 3 is 2.41 bits per heavy atom. The highest BCUT2D eigenvalue weighted by Crippen LogP contribution is 2.38. The van der Waals surface area contributed by atoms with Crippen molar-refractivity contribution in [3.05, 3.63) is 70.9 Å². The van der Waals surface area contributed by atoms with Crippen molar-refractivity contribution < 1.29 is 9.53 Å². The summed E-state index contributed by atoms with van der Waals surface area (Å²) >= 11 is 4.55. The summed E-state index contributed by atoms with van der Waals surface area (Å²) in [5.74, 6) is -0.323. The number of carbonyl (C=O) groups excluding carboxylic acids is 1. The highest BCUT2D eigenvalue weighted by atomic mass is 32.2. The van der Waals surface area contributed by atoms with Crippen LogP contribution in [0.5, 0.6) is 0 Å². The lowest BCUT2D eigenvalue weighted by Gasteiger charge is -2.03. The Labute approximate surface area is 181 Å². The monoisotopic (exact) mass is 438 g/mol. The van der Waals surface area contributed by atoms with Crippen LogP contribution in [0.3, 0.4) is 0 Å². The molecular formula is C22H18N2O2S3. The Kier molecular flexibility index (Phi) is 5.99. The number of nitrogens with one attached hydrogen (secondary N) is 1. The molecule has 0 atom stereocenters.